The highest BCUT2D eigenvalue weighted by atomic mass is 32.1. The Labute approximate surface area is 140 Å². The number of piperazine rings is 1. The van der Waals surface area contributed by atoms with Gasteiger partial charge in [0.05, 0.1) is 14.2 Å². The number of ether oxygens (including phenoxy) is 2. The Morgan fingerprint density at radius 3 is 2.57 bits per heavy atom. The van der Waals surface area contributed by atoms with Gasteiger partial charge in [-0.3, -0.25) is 9.88 Å². The minimum absolute atomic E-state index is 0.720. The molecule has 0 unspecified atom stereocenters. The van der Waals surface area contributed by atoms with Crippen LogP contribution in [0.15, 0.2) is 12.3 Å². The van der Waals surface area contributed by atoms with E-state index in [1.807, 2.05) is 13.0 Å². The van der Waals surface area contributed by atoms with E-state index in [9.17, 15) is 0 Å². The maximum absolute atomic E-state index is 5.46. The summed E-state index contributed by atoms with van der Waals surface area (Å²) >= 11 is 1.47. The Bertz CT molecular complexity index is 655. The molecule has 1 aliphatic rings. The molecular formula is C15H21N5O2S. The first-order valence-corrected chi connectivity index (χ1v) is 8.32. The van der Waals surface area contributed by atoms with Crippen LogP contribution in [0.1, 0.15) is 11.5 Å². The molecule has 0 N–H and O–H groups in total. The van der Waals surface area contributed by atoms with Gasteiger partial charge in [0.15, 0.2) is 11.5 Å². The minimum atomic E-state index is 0.720. The first kappa shape index (κ1) is 15.9. The van der Waals surface area contributed by atoms with Gasteiger partial charge in [0, 0.05) is 56.5 Å². The van der Waals surface area contributed by atoms with E-state index in [1.54, 1.807) is 20.4 Å². The number of hydrogen-bond donors (Lipinski definition) is 0. The number of methoxy groups -OCH3 is 2. The summed E-state index contributed by atoms with van der Waals surface area (Å²) < 4.78 is 15.1. The predicted molar refractivity (Wildman–Crippen MR) is 89.5 cm³/mol. The SMILES string of the molecule is COc1ccnc(CN2CCN(c3nc(C)ns3)CC2)c1OC. The summed E-state index contributed by atoms with van der Waals surface area (Å²) in [5.41, 5.74) is 0.909. The number of hydrogen-bond acceptors (Lipinski definition) is 8. The van der Waals surface area contributed by atoms with Crippen LogP contribution >= 0.6 is 11.5 Å². The first-order valence-electron chi connectivity index (χ1n) is 7.54. The average Bonchev–Trinajstić information content (AvgIpc) is 3.01. The molecule has 23 heavy (non-hydrogen) atoms. The number of anilines is 1. The van der Waals surface area contributed by atoms with Crippen molar-refractivity contribution in [1.29, 1.82) is 0 Å². The smallest absolute Gasteiger partial charge is 0.205 e. The molecule has 124 valence electrons. The maximum Gasteiger partial charge on any atom is 0.205 e. The van der Waals surface area contributed by atoms with Crippen molar-refractivity contribution in [3.05, 3.63) is 23.8 Å². The van der Waals surface area contributed by atoms with Gasteiger partial charge in [-0.25, -0.2) is 4.98 Å². The van der Waals surface area contributed by atoms with Crippen molar-refractivity contribution < 1.29 is 9.47 Å². The quantitative estimate of drug-likeness (QED) is 0.822. The van der Waals surface area contributed by atoms with Crippen LogP contribution in [0, 0.1) is 6.92 Å². The van der Waals surface area contributed by atoms with E-state index < -0.39 is 0 Å². The van der Waals surface area contributed by atoms with E-state index in [-0.39, 0.29) is 0 Å². The lowest BCUT2D eigenvalue weighted by Crippen LogP contribution is -2.46. The summed E-state index contributed by atoms with van der Waals surface area (Å²) in [7, 11) is 3.29. The van der Waals surface area contributed by atoms with Gasteiger partial charge in [-0.2, -0.15) is 4.37 Å². The number of aromatic nitrogens is 3. The van der Waals surface area contributed by atoms with Gasteiger partial charge in [-0.15, -0.1) is 0 Å². The van der Waals surface area contributed by atoms with Crippen molar-refractivity contribution in [3.63, 3.8) is 0 Å². The third-order valence-electron chi connectivity index (χ3n) is 3.90. The van der Waals surface area contributed by atoms with Crippen molar-refractivity contribution >= 4 is 16.7 Å². The standard InChI is InChI=1S/C15H21N5O2S/c1-11-17-15(23-18-11)20-8-6-19(7-9-20)10-12-14(22-3)13(21-2)4-5-16-12/h4-5H,6-10H2,1-3H3. The van der Waals surface area contributed by atoms with E-state index in [4.69, 9.17) is 9.47 Å². The molecule has 2 aromatic heterocycles. The van der Waals surface area contributed by atoms with E-state index >= 15 is 0 Å². The van der Waals surface area contributed by atoms with E-state index in [0.29, 0.717) is 0 Å². The molecular weight excluding hydrogens is 314 g/mol. The van der Waals surface area contributed by atoms with Crippen LogP contribution in [0.4, 0.5) is 5.13 Å². The summed E-state index contributed by atoms with van der Waals surface area (Å²) in [6.45, 7) is 6.49. The van der Waals surface area contributed by atoms with Gasteiger partial charge in [-0.1, -0.05) is 0 Å². The van der Waals surface area contributed by atoms with Crippen LogP contribution < -0.4 is 14.4 Å². The molecule has 1 saturated heterocycles. The van der Waals surface area contributed by atoms with E-state index in [2.05, 4.69) is 24.1 Å². The van der Waals surface area contributed by atoms with Crippen molar-refractivity contribution in [2.45, 2.75) is 13.5 Å². The van der Waals surface area contributed by atoms with Crippen LogP contribution in [-0.4, -0.2) is 59.6 Å². The highest BCUT2D eigenvalue weighted by molar-refractivity contribution is 7.09. The topological polar surface area (TPSA) is 63.6 Å². The highest BCUT2D eigenvalue weighted by Gasteiger charge is 2.21. The second-order valence-electron chi connectivity index (χ2n) is 5.38. The lowest BCUT2D eigenvalue weighted by atomic mass is 10.2. The van der Waals surface area contributed by atoms with Gasteiger partial charge in [0.1, 0.15) is 11.5 Å². The van der Waals surface area contributed by atoms with E-state index in [1.165, 1.54) is 11.5 Å². The van der Waals surface area contributed by atoms with Crippen molar-refractivity contribution in [2.24, 2.45) is 0 Å². The Morgan fingerprint density at radius 1 is 1.17 bits per heavy atom. The third-order valence-corrected chi connectivity index (χ3v) is 4.77. The molecule has 0 aliphatic carbocycles. The van der Waals surface area contributed by atoms with Gasteiger partial charge in [-0.05, 0) is 6.92 Å². The first-order chi connectivity index (χ1) is 11.2. The molecule has 8 heteroatoms. The molecule has 0 amide bonds. The summed E-state index contributed by atoms with van der Waals surface area (Å²) in [6, 6.07) is 1.82. The molecule has 0 saturated carbocycles. The molecule has 3 heterocycles. The van der Waals surface area contributed by atoms with Gasteiger partial charge >= 0.3 is 0 Å². The molecule has 1 fully saturated rings. The molecule has 7 nitrogen and oxygen atoms in total. The van der Waals surface area contributed by atoms with Crippen LogP contribution in [0.2, 0.25) is 0 Å². The summed E-state index contributed by atoms with van der Waals surface area (Å²) in [6.07, 6.45) is 1.76. The highest BCUT2D eigenvalue weighted by Crippen LogP contribution is 2.30. The summed E-state index contributed by atoms with van der Waals surface area (Å²) in [5, 5.41) is 1.01. The Kier molecular flexibility index (Phi) is 4.92. The number of rotatable bonds is 5. The second-order valence-corrected chi connectivity index (χ2v) is 6.11. The summed E-state index contributed by atoms with van der Waals surface area (Å²) in [5.74, 6) is 2.29. The lowest BCUT2D eigenvalue weighted by molar-refractivity contribution is 0.241. The number of nitrogens with zero attached hydrogens (tertiary/aromatic N) is 5. The fourth-order valence-corrected chi connectivity index (χ4v) is 3.41. The molecule has 0 radical (unpaired) electrons. The fraction of sp³-hybridized carbons (Fsp3) is 0.533. The predicted octanol–water partition coefficient (Wildman–Crippen LogP) is 1.58. The largest absolute Gasteiger partial charge is 0.493 e. The molecule has 1 aliphatic heterocycles. The lowest BCUT2D eigenvalue weighted by Gasteiger charge is -2.34. The van der Waals surface area contributed by atoms with Crippen LogP contribution in [0.3, 0.4) is 0 Å². The molecule has 0 atom stereocenters. The third kappa shape index (κ3) is 3.53. The average molecular weight is 335 g/mol. The summed E-state index contributed by atoms with van der Waals surface area (Å²) in [4.78, 5) is 13.6. The Morgan fingerprint density at radius 2 is 1.96 bits per heavy atom. The Hall–Kier alpha value is -1.93. The van der Waals surface area contributed by atoms with Crippen molar-refractivity contribution in [3.8, 4) is 11.5 Å². The van der Waals surface area contributed by atoms with E-state index in [0.717, 1.165) is 60.9 Å². The van der Waals surface area contributed by atoms with Crippen LogP contribution in [0.5, 0.6) is 11.5 Å². The van der Waals surface area contributed by atoms with Crippen LogP contribution in [0.25, 0.3) is 0 Å². The molecule has 0 aromatic carbocycles. The molecule has 0 spiro atoms. The van der Waals surface area contributed by atoms with Gasteiger partial charge < -0.3 is 14.4 Å². The minimum Gasteiger partial charge on any atom is -0.493 e. The van der Waals surface area contributed by atoms with Crippen LogP contribution in [-0.2, 0) is 6.54 Å². The Balaban J connectivity index is 1.63. The van der Waals surface area contributed by atoms with Crippen molar-refractivity contribution in [1.82, 2.24) is 19.2 Å². The zero-order valence-corrected chi connectivity index (χ0v) is 14.5. The zero-order valence-electron chi connectivity index (χ0n) is 13.7. The molecule has 0 bridgehead atoms. The molecule has 2 aromatic rings. The normalized spacial score (nSPS) is 15.7. The number of pyridine rings is 1. The monoisotopic (exact) mass is 335 g/mol. The zero-order chi connectivity index (χ0) is 16.2. The fourth-order valence-electron chi connectivity index (χ4n) is 2.69. The number of aryl methyl sites for hydroxylation is 1. The maximum atomic E-state index is 5.46. The molecule has 3 rings (SSSR count). The van der Waals surface area contributed by atoms with Gasteiger partial charge in [0.2, 0.25) is 5.13 Å². The van der Waals surface area contributed by atoms with Crippen molar-refractivity contribution in [2.75, 3.05) is 45.3 Å². The second kappa shape index (κ2) is 7.10. The van der Waals surface area contributed by atoms with Gasteiger partial charge in [0.25, 0.3) is 0 Å².